The molecule has 0 saturated carbocycles. The number of β-lactam (4-membered cyclic amide) rings is 1. The maximum atomic E-state index is 11.8. The van der Waals surface area contributed by atoms with Crippen LogP contribution in [0.4, 0.5) is 0 Å². The molecule has 1 aliphatic heterocycles. The summed E-state index contributed by atoms with van der Waals surface area (Å²) in [7, 11) is 0. The molecule has 0 radical (unpaired) electrons. The monoisotopic (exact) mass is 222 g/mol. The van der Waals surface area contributed by atoms with Gasteiger partial charge in [0, 0.05) is 4.11 Å². The van der Waals surface area contributed by atoms with Crippen molar-refractivity contribution < 1.29 is 13.7 Å². The number of benzene rings is 1. The van der Waals surface area contributed by atoms with Gasteiger partial charge in [0.1, 0.15) is 6.61 Å². The largest absolute Gasteiger partial charge is 0.272 e. The van der Waals surface area contributed by atoms with Gasteiger partial charge in [-0.3, -0.25) is 9.63 Å². The first-order valence-corrected chi connectivity index (χ1v) is 5.29. The first-order valence-electron chi connectivity index (χ1n) is 6.79. The molecule has 1 amide bonds. The fourth-order valence-electron chi connectivity index (χ4n) is 1.67. The van der Waals surface area contributed by atoms with Crippen molar-refractivity contribution in [3.63, 3.8) is 0 Å². The second kappa shape index (κ2) is 3.91. The number of carbonyl (C=O) groups excluding carboxylic acids is 1. The highest BCUT2D eigenvalue weighted by atomic mass is 16.7. The second-order valence-corrected chi connectivity index (χ2v) is 4.26. The summed E-state index contributed by atoms with van der Waals surface area (Å²) in [5.41, 5.74) is -0.360. The van der Waals surface area contributed by atoms with E-state index < -0.39 is 18.3 Å². The van der Waals surface area contributed by atoms with Crippen LogP contribution in [0.5, 0.6) is 0 Å². The van der Waals surface area contributed by atoms with Crippen LogP contribution in [0, 0.1) is 5.92 Å². The summed E-state index contributed by atoms with van der Waals surface area (Å²) in [5.74, 6) is -0.842. The van der Waals surface area contributed by atoms with Crippen LogP contribution in [0.3, 0.4) is 0 Å². The van der Waals surface area contributed by atoms with E-state index in [0.717, 1.165) is 10.6 Å². The van der Waals surface area contributed by atoms with Crippen molar-refractivity contribution in [2.45, 2.75) is 32.8 Å². The van der Waals surface area contributed by atoms with E-state index in [2.05, 4.69) is 0 Å². The molecule has 1 aromatic rings. The number of hydrogen-bond donors (Lipinski definition) is 0. The van der Waals surface area contributed by atoms with Crippen LogP contribution in [0.25, 0.3) is 0 Å². The number of carbonyl (C=O) groups is 1. The molecular weight excluding hydrogens is 202 g/mol. The molecule has 0 N–H and O–H groups in total. The Labute approximate surface area is 100 Å². The van der Waals surface area contributed by atoms with Gasteiger partial charge in [0.05, 0.1) is 11.5 Å². The Balaban J connectivity index is 2.09. The molecule has 0 spiro atoms. The van der Waals surface area contributed by atoms with Crippen LogP contribution in [-0.4, -0.2) is 16.5 Å². The zero-order valence-corrected chi connectivity index (χ0v) is 9.43. The summed E-state index contributed by atoms with van der Waals surface area (Å²) >= 11 is 0. The minimum Gasteiger partial charge on any atom is -0.272 e. The molecule has 1 fully saturated rings. The van der Waals surface area contributed by atoms with Gasteiger partial charge < -0.3 is 0 Å². The van der Waals surface area contributed by atoms with Crippen molar-refractivity contribution in [1.82, 2.24) is 5.06 Å². The van der Waals surface area contributed by atoms with Crippen LogP contribution in [0.1, 0.15) is 30.4 Å². The van der Waals surface area contributed by atoms with Crippen molar-refractivity contribution in [3.05, 3.63) is 35.9 Å². The van der Waals surface area contributed by atoms with E-state index in [4.69, 9.17) is 8.95 Å². The van der Waals surface area contributed by atoms with Gasteiger partial charge in [-0.25, -0.2) is 5.06 Å². The van der Waals surface area contributed by atoms with E-state index in [1.54, 1.807) is 6.92 Å². The number of hydrogen-bond acceptors (Lipinski definition) is 2. The van der Waals surface area contributed by atoms with Gasteiger partial charge >= 0.3 is 0 Å². The summed E-state index contributed by atoms with van der Waals surface area (Å²) in [4.78, 5) is 17.2. The first kappa shape index (κ1) is 7.85. The van der Waals surface area contributed by atoms with E-state index in [1.165, 1.54) is 6.92 Å². The molecule has 16 heavy (non-hydrogen) atoms. The summed E-state index contributed by atoms with van der Waals surface area (Å²) in [6.45, 7) is 1.08. The van der Waals surface area contributed by atoms with Gasteiger partial charge in [-0.2, -0.15) is 0 Å². The lowest BCUT2D eigenvalue weighted by Crippen LogP contribution is -2.66. The topological polar surface area (TPSA) is 29.5 Å². The first-order chi connectivity index (χ1) is 8.78. The van der Waals surface area contributed by atoms with Crippen molar-refractivity contribution >= 4 is 5.91 Å². The quantitative estimate of drug-likeness (QED) is 0.735. The van der Waals surface area contributed by atoms with E-state index in [0.29, 0.717) is 0 Å². The fourth-order valence-corrected chi connectivity index (χ4v) is 1.67. The molecule has 86 valence electrons. The van der Waals surface area contributed by atoms with E-state index in [9.17, 15) is 4.79 Å². The summed E-state index contributed by atoms with van der Waals surface area (Å²) in [6, 6.07) is 9.33. The molecule has 1 heterocycles. The Bertz CT molecular complexity index is 475. The van der Waals surface area contributed by atoms with Crippen LogP contribution >= 0.6 is 0 Å². The SMILES string of the molecule is [2H]C([2H])([2H])[C@@]1(C)[C@H](C)C(=O)N1OCc1ccccc1. The molecule has 3 nitrogen and oxygen atoms in total. The number of rotatable bonds is 3. The van der Waals surface area contributed by atoms with Crippen molar-refractivity contribution in [2.24, 2.45) is 5.92 Å². The molecule has 0 aromatic heterocycles. The lowest BCUT2D eigenvalue weighted by Gasteiger charge is -2.50. The Morgan fingerprint density at radius 3 is 2.81 bits per heavy atom. The standard InChI is InChI=1S/C13H17NO2/c1-10-12(15)14(13(10,2)3)16-9-11-7-5-4-6-8-11/h4-8,10H,9H2,1-3H3/t10-/m1/s1/i2D3/t10-,13-. The highest BCUT2D eigenvalue weighted by molar-refractivity contribution is 5.86. The lowest BCUT2D eigenvalue weighted by molar-refractivity contribution is -0.270. The molecule has 0 unspecified atom stereocenters. The zero-order valence-electron chi connectivity index (χ0n) is 12.4. The van der Waals surface area contributed by atoms with E-state index in [1.807, 2.05) is 30.3 Å². The fraction of sp³-hybridized carbons (Fsp3) is 0.462. The second-order valence-electron chi connectivity index (χ2n) is 4.26. The third-order valence-electron chi connectivity index (χ3n) is 3.04. The molecule has 1 aliphatic rings. The van der Waals surface area contributed by atoms with Gasteiger partial charge in [-0.05, 0) is 19.3 Å². The maximum Gasteiger partial charge on any atom is 0.251 e. The number of hydroxylamine groups is 2. The van der Waals surface area contributed by atoms with Gasteiger partial charge in [0.2, 0.25) is 0 Å². The predicted molar refractivity (Wildman–Crippen MR) is 61.3 cm³/mol. The Morgan fingerprint density at radius 2 is 2.19 bits per heavy atom. The van der Waals surface area contributed by atoms with E-state index >= 15 is 0 Å². The zero-order chi connectivity index (χ0) is 14.3. The molecular formula is C13H17NO2. The molecule has 0 bridgehead atoms. The Kier molecular flexibility index (Phi) is 1.92. The third-order valence-corrected chi connectivity index (χ3v) is 3.04. The molecule has 1 aromatic carbocycles. The van der Waals surface area contributed by atoms with E-state index in [-0.39, 0.29) is 12.5 Å². The predicted octanol–water partition coefficient (Wildman–Crippen LogP) is 2.38. The normalized spacial score (nSPS) is 32.6. The average Bonchev–Trinajstić information content (AvgIpc) is 2.37. The average molecular weight is 222 g/mol. The van der Waals surface area contributed by atoms with Crippen LogP contribution < -0.4 is 0 Å². The summed E-state index contributed by atoms with van der Waals surface area (Å²) < 4.78 is 22.7. The lowest BCUT2D eigenvalue weighted by atomic mass is 9.80. The molecule has 2 atom stereocenters. The van der Waals surface area contributed by atoms with Gasteiger partial charge in [-0.15, -0.1) is 0 Å². The maximum absolute atomic E-state index is 11.8. The van der Waals surface area contributed by atoms with Crippen LogP contribution in [-0.2, 0) is 16.2 Å². The van der Waals surface area contributed by atoms with Gasteiger partial charge in [-0.1, -0.05) is 37.3 Å². The Hall–Kier alpha value is -1.35. The van der Waals surface area contributed by atoms with Crippen LogP contribution in [0.15, 0.2) is 30.3 Å². The highest BCUT2D eigenvalue weighted by Gasteiger charge is 2.52. The number of amides is 1. The van der Waals surface area contributed by atoms with Gasteiger partial charge in [0.25, 0.3) is 5.91 Å². The minimum atomic E-state index is -2.27. The summed E-state index contributed by atoms with van der Waals surface area (Å²) in [5, 5.41) is 1.01. The molecule has 2 rings (SSSR count). The van der Waals surface area contributed by atoms with Crippen molar-refractivity contribution in [1.29, 1.82) is 0 Å². The van der Waals surface area contributed by atoms with Crippen LogP contribution in [0.2, 0.25) is 0 Å². The number of nitrogens with zero attached hydrogens (tertiary/aromatic N) is 1. The molecule has 0 aliphatic carbocycles. The van der Waals surface area contributed by atoms with Gasteiger partial charge in [0.15, 0.2) is 0 Å². The van der Waals surface area contributed by atoms with Crippen molar-refractivity contribution in [3.8, 4) is 0 Å². The smallest absolute Gasteiger partial charge is 0.251 e. The van der Waals surface area contributed by atoms with Crippen molar-refractivity contribution in [2.75, 3.05) is 0 Å². The third kappa shape index (κ3) is 1.71. The molecule has 1 saturated heterocycles. The summed E-state index contributed by atoms with van der Waals surface area (Å²) in [6.07, 6.45) is 0. The highest BCUT2D eigenvalue weighted by Crippen LogP contribution is 2.37. The molecule has 3 heteroatoms. The minimum absolute atomic E-state index is 0.185. The Morgan fingerprint density at radius 1 is 1.50 bits per heavy atom.